The van der Waals surface area contributed by atoms with Gasteiger partial charge in [0.15, 0.2) is 5.82 Å². The molecule has 3 aliphatic heterocycles. The van der Waals surface area contributed by atoms with E-state index >= 15 is 0 Å². The Hall–Kier alpha value is -3.52. The van der Waals surface area contributed by atoms with E-state index in [1.54, 1.807) is 18.3 Å². The number of amides is 1. The monoisotopic (exact) mass is 608 g/mol. The van der Waals surface area contributed by atoms with Gasteiger partial charge in [0.1, 0.15) is 4.90 Å². The first-order valence-corrected chi connectivity index (χ1v) is 16.3. The van der Waals surface area contributed by atoms with E-state index in [2.05, 4.69) is 48.7 Å². The minimum Gasteiger partial charge on any atom is -0.381 e. The van der Waals surface area contributed by atoms with Crippen LogP contribution in [0.15, 0.2) is 47.6 Å². The number of rotatable bonds is 7. The Morgan fingerprint density at radius 2 is 1.88 bits per heavy atom. The third kappa shape index (κ3) is 6.12. The van der Waals surface area contributed by atoms with E-state index in [0.717, 1.165) is 56.1 Å². The number of hydrogen-bond donors (Lipinski definition) is 3. The molecule has 0 radical (unpaired) electrons. The molecule has 3 N–H and O–H groups in total. The number of piperazine rings is 1. The van der Waals surface area contributed by atoms with Gasteiger partial charge in [-0.25, -0.2) is 8.42 Å². The van der Waals surface area contributed by atoms with Crippen molar-refractivity contribution in [3.63, 3.8) is 0 Å². The molecule has 5 heterocycles. The fourth-order valence-corrected chi connectivity index (χ4v) is 7.64. The molecule has 0 saturated carbocycles. The van der Waals surface area contributed by atoms with E-state index in [4.69, 9.17) is 4.74 Å². The molecule has 0 unspecified atom stereocenters. The van der Waals surface area contributed by atoms with Crippen LogP contribution in [0.1, 0.15) is 48.3 Å². The molecule has 230 valence electrons. The van der Waals surface area contributed by atoms with Gasteiger partial charge < -0.3 is 25.2 Å². The Labute approximate surface area is 252 Å². The lowest BCUT2D eigenvalue weighted by Crippen LogP contribution is -2.45. The lowest BCUT2D eigenvalue weighted by molar-refractivity contribution is 0.0904. The summed E-state index contributed by atoms with van der Waals surface area (Å²) in [5.41, 5.74) is 3.27. The quantitative estimate of drug-likeness (QED) is 0.370. The predicted molar refractivity (Wildman–Crippen MR) is 165 cm³/mol. The standard InChI is InChI=1S/C30H40N8O4S/c1-30(2)20-38(43(40,41)23-5-4-10-31-18-23)19-25-27(30)34-35-28(25)33-29(39)24-7-6-22(37-13-11-36(3)12-14-37)17-26(24)32-21-8-15-42-16-9-21/h4-7,10,17-18,21,32H,8-9,11-16,19-20H2,1-3H3,(H2,33,34,35,39). The van der Waals surface area contributed by atoms with Gasteiger partial charge in [-0.15, -0.1) is 0 Å². The average Bonchev–Trinajstić information content (AvgIpc) is 3.41. The summed E-state index contributed by atoms with van der Waals surface area (Å²) in [5.74, 6) is 0.0261. The van der Waals surface area contributed by atoms with Crippen molar-refractivity contribution in [2.45, 2.75) is 49.6 Å². The van der Waals surface area contributed by atoms with Gasteiger partial charge in [0.2, 0.25) is 10.0 Å². The van der Waals surface area contributed by atoms with Crippen LogP contribution < -0.4 is 15.5 Å². The summed E-state index contributed by atoms with van der Waals surface area (Å²) in [6, 6.07) is 9.29. The van der Waals surface area contributed by atoms with Crippen LogP contribution in [0.4, 0.5) is 17.2 Å². The molecule has 43 heavy (non-hydrogen) atoms. The average molecular weight is 609 g/mol. The largest absolute Gasteiger partial charge is 0.381 e. The molecule has 1 amide bonds. The Morgan fingerprint density at radius 3 is 2.60 bits per heavy atom. The zero-order chi connectivity index (χ0) is 30.2. The number of anilines is 3. The molecule has 3 aliphatic rings. The van der Waals surface area contributed by atoms with E-state index in [1.165, 1.54) is 10.5 Å². The number of nitrogens with zero attached hydrogens (tertiary/aromatic N) is 5. The number of H-pyrrole nitrogens is 1. The first-order valence-electron chi connectivity index (χ1n) is 14.8. The summed E-state index contributed by atoms with van der Waals surface area (Å²) in [7, 11) is -1.67. The number of benzene rings is 1. The van der Waals surface area contributed by atoms with Gasteiger partial charge >= 0.3 is 0 Å². The summed E-state index contributed by atoms with van der Waals surface area (Å²) in [4.78, 5) is 22.7. The molecule has 0 aliphatic carbocycles. The number of carbonyl (C=O) groups is 1. The van der Waals surface area contributed by atoms with Crippen molar-refractivity contribution in [2.24, 2.45) is 0 Å². The zero-order valence-corrected chi connectivity index (χ0v) is 25.8. The predicted octanol–water partition coefficient (Wildman–Crippen LogP) is 2.88. The van der Waals surface area contributed by atoms with Crippen LogP contribution in [-0.4, -0.2) is 97.7 Å². The Balaban J connectivity index is 1.28. The second kappa shape index (κ2) is 11.9. The number of aromatic amines is 1. The highest BCUT2D eigenvalue weighted by molar-refractivity contribution is 7.89. The van der Waals surface area contributed by atoms with Crippen LogP contribution >= 0.6 is 0 Å². The van der Waals surface area contributed by atoms with Crippen molar-refractivity contribution in [2.75, 3.05) is 68.5 Å². The summed E-state index contributed by atoms with van der Waals surface area (Å²) >= 11 is 0. The SMILES string of the molecule is CN1CCN(c2ccc(C(=O)Nc3n[nH]c4c3CN(S(=O)(=O)c3cccnc3)CC4(C)C)c(NC3CCOCC3)c2)CC1. The maximum Gasteiger partial charge on any atom is 0.258 e. The number of nitrogens with one attached hydrogen (secondary N) is 3. The van der Waals surface area contributed by atoms with Gasteiger partial charge in [-0.3, -0.25) is 14.9 Å². The fourth-order valence-electron chi connectivity index (χ4n) is 6.10. The molecule has 0 spiro atoms. The number of carbonyl (C=O) groups excluding carboxylic acids is 1. The third-order valence-electron chi connectivity index (χ3n) is 8.65. The van der Waals surface area contributed by atoms with E-state index in [9.17, 15) is 13.2 Å². The first-order chi connectivity index (χ1) is 20.6. The first kappa shape index (κ1) is 29.5. The van der Waals surface area contributed by atoms with Gasteiger partial charge in [0.25, 0.3) is 5.91 Å². The van der Waals surface area contributed by atoms with Crippen molar-refractivity contribution in [1.82, 2.24) is 24.4 Å². The van der Waals surface area contributed by atoms with Crippen LogP contribution in [0.3, 0.4) is 0 Å². The lowest BCUT2D eigenvalue weighted by atomic mass is 9.84. The number of sulfonamides is 1. The molecule has 3 aromatic rings. The molecule has 2 saturated heterocycles. The van der Waals surface area contributed by atoms with Gasteiger partial charge in [0.05, 0.1) is 5.56 Å². The molecule has 6 rings (SSSR count). The van der Waals surface area contributed by atoms with Gasteiger partial charge in [-0.2, -0.15) is 9.40 Å². The van der Waals surface area contributed by atoms with Crippen LogP contribution in [0, 0.1) is 0 Å². The highest BCUT2D eigenvalue weighted by Gasteiger charge is 2.41. The Kier molecular flexibility index (Phi) is 8.16. The van der Waals surface area contributed by atoms with E-state index in [-0.39, 0.29) is 29.9 Å². The number of likely N-dealkylation sites (N-methyl/N-ethyl adjacent to an activating group) is 1. The number of ether oxygens (including phenoxy) is 1. The van der Waals surface area contributed by atoms with E-state index in [0.29, 0.717) is 30.2 Å². The summed E-state index contributed by atoms with van der Waals surface area (Å²) in [6.07, 6.45) is 4.63. The highest BCUT2D eigenvalue weighted by Crippen LogP contribution is 2.38. The Morgan fingerprint density at radius 1 is 1.12 bits per heavy atom. The van der Waals surface area contributed by atoms with E-state index < -0.39 is 15.4 Å². The van der Waals surface area contributed by atoms with Crippen molar-refractivity contribution in [3.8, 4) is 0 Å². The topological polar surface area (TPSA) is 136 Å². The van der Waals surface area contributed by atoms with Gasteiger partial charge in [-0.1, -0.05) is 13.8 Å². The highest BCUT2D eigenvalue weighted by atomic mass is 32.2. The van der Waals surface area contributed by atoms with Crippen LogP contribution in [0.5, 0.6) is 0 Å². The van der Waals surface area contributed by atoms with Gasteiger partial charge in [-0.05, 0) is 50.2 Å². The van der Waals surface area contributed by atoms with Crippen molar-refractivity contribution in [3.05, 3.63) is 59.5 Å². The molecule has 2 aromatic heterocycles. The van der Waals surface area contributed by atoms with Crippen molar-refractivity contribution < 1.29 is 17.9 Å². The summed E-state index contributed by atoms with van der Waals surface area (Å²) in [6.45, 7) is 9.46. The Bertz CT molecular complexity index is 1560. The fraction of sp³-hybridized carbons (Fsp3) is 0.500. The van der Waals surface area contributed by atoms with Gasteiger partial charge in [0, 0.05) is 99.0 Å². The minimum atomic E-state index is -3.80. The van der Waals surface area contributed by atoms with E-state index in [1.807, 2.05) is 26.0 Å². The smallest absolute Gasteiger partial charge is 0.258 e. The molecule has 0 atom stereocenters. The second-order valence-corrected chi connectivity index (χ2v) is 14.2. The lowest BCUT2D eigenvalue weighted by Gasteiger charge is -2.36. The van der Waals surface area contributed by atoms with Crippen molar-refractivity contribution in [1.29, 1.82) is 0 Å². The maximum absolute atomic E-state index is 13.9. The second-order valence-electron chi connectivity index (χ2n) is 12.3. The van der Waals surface area contributed by atoms with Crippen LogP contribution in [0.2, 0.25) is 0 Å². The summed E-state index contributed by atoms with van der Waals surface area (Å²) < 4.78 is 34.0. The molecule has 2 fully saturated rings. The normalized spacial score (nSPS) is 20.0. The molecular weight excluding hydrogens is 568 g/mol. The third-order valence-corrected chi connectivity index (χ3v) is 10.4. The summed E-state index contributed by atoms with van der Waals surface area (Å²) in [5, 5.41) is 14.2. The molecule has 12 nitrogen and oxygen atoms in total. The zero-order valence-electron chi connectivity index (χ0n) is 25.0. The molecule has 1 aromatic carbocycles. The number of aromatic nitrogens is 3. The molecular formula is C30H40N8O4S. The number of hydrogen-bond acceptors (Lipinski definition) is 9. The van der Waals surface area contributed by atoms with Crippen molar-refractivity contribution >= 4 is 33.1 Å². The molecule has 13 heteroatoms. The maximum atomic E-state index is 13.9. The number of fused-ring (bicyclic) bond motifs is 1. The van der Waals surface area contributed by atoms with Crippen LogP contribution in [-0.2, 0) is 26.7 Å². The van der Waals surface area contributed by atoms with Crippen LogP contribution in [0.25, 0.3) is 0 Å². The minimum absolute atomic E-state index is 0.0810. The molecule has 0 bridgehead atoms. The number of pyridine rings is 1.